The third kappa shape index (κ3) is 2.89. The molecule has 2 aromatic heterocycles. The molecule has 0 spiro atoms. The summed E-state index contributed by atoms with van der Waals surface area (Å²) in [6.07, 6.45) is 0. The number of hydrogen-bond acceptors (Lipinski definition) is 5. The van der Waals surface area contributed by atoms with Crippen LogP contribution in [0.1, 0.15) is 16.3 Å². The summed E-state index contributed by atoms with van der Waals surface area (Å²) in [5.74, 6) is 0.807. The molecule has 0 aliphatic rings. The molecule has 3 aromatic rings. The van der Waals surface area contributed by atoms with E-state index in [9.17, 15) is 5.11 Å². The summed E-state index contributed by atoms with van der Waals surface area (Å²) < 4.78 is 0. The summed E-state index contributed by atoms with van der Waals surface area (Å²) >= 11 is 1.65. The van der Waals surface area contributed by atoms with Gasteiger partial charge in [0.2, 0.25) is 0 Å². The number of fused-ring (bicyclic) bond motifs is 1. The molecule has 108 valence electrons. The van der Waals surface area contributed by atoms with Gasteiger partial charge in [0.05, 0.1) is 29.4 Å². The highest BCUT2D eigenvalue weighted by molar-refractivity contribution is 7.09. The van der Waals surface area contributed by atoms with Crippen molar-refractivity contribution >= 4 is 28.1 Å². The molecule has 0 saturated carbocycles. The Kier molecular flexibility index (Phi) is 3.86. The van der Waals surface area contributed by atoms with E-state index in [0.717, 1.165) is 33.0 Å². The van der Waals surface area contributed by atoms with E-state index in [1.54, 1.807) is 11.3 Å². The van der Waals surface area contributed by atoms with Crippen LogP contribution in [0.2, 0.25) is 0 Å². The monoisotopic (exact) mass is 299 g/mol. The molecule has 0 aliphatic carbocycles. The zero-order valence-corrected chi connectivity index (χ0v) is 12.9. The molecule has 0 bridgehead atoms. The van der Waals surface area contributed by atoms with Gasteiger partial charge in [-0.05, 0) is 19.1 Å². The van der Waals surface area contributed by atoms with Crippen LogP contribution in [0.3, 0.4) is 0 Å². The first-order valence-corrected chi connectivity index (χ1v) is 7.67. The van der Waals surface area contributed by atoms with Crippen molar-refractivity contribution in [2.45, 2.75) is 20.1 Å². The average molecular weight is 299 g/mol. The minimum atomic E-state index is -0.0202. The van der Waals surface area contributed by atoms with Crippen molar-refractivity contribution in [1.29, 1.82) is 0 Å². The predicted octanol–water partition coefficient (Wildman–Crippen LogP) is 3.13. The minimum absolute atomic E-state index is 0.0202. The maximum Gasteiger partial charge on any atom is 0.134 e. The Morgan fingerprint density at radius 3 is 2.76 bits per heavy atom. The van der Waals surface area contributed by atoms with Gasteiger partial charge in [-0.1, -0.05) is 18.2 Å². The van der Waals surface area contributed by atoms with Crippen molar-refractivity contribution in [3.8, 4) is 0 Å². The molecular formula is C16H17N3OS. The SMILES string of the molecule is Cc1nc(CN(C)c2nc3ccccc3cc2CO)cs1. The smallest absolute Gasteiger partial charge is 0.134 e. The van der Waals surface area contributed by atoms with Crippen LogP contribution < -0.4 is 4.90 Å². The van der Waals surface area contributed by atoms with Crippen molar-refractivity contribution in [1.82, 2.24) is 9.97 Å². The Hall–Kier alpha value is -1.98. The van der Waals surface area contributed by atoms with Gasteiger partial charge in [-0.15, -0.1) is 11.3 Å². The quantitative estimate of drug-likeness (QED) is 0.804. The number of aliphatic hydroxyl groups excluding tert-OH is 1. The molecule has 3 rings (SSSR count). The van der Waals surface area contributed by atoms with E-state index in [1.807, 2.05) is 49.2 Å². The van der Waals surface area contributed by atoms with Crippen LogP contribution in [-0.4, -0.2) is 22.1 Å². The molecule has 0 unspecified atom stereocenters. The highest BCUT2D eigenvalue weighted by Crippen LogP contribution is 2.24. The average Bonchev–Trinajstić information content (AvgIpc) is 2.90. The van der Waals surface area contributed by atoms with Crippen LogP contribution in [0.5, 0.6) is 0 Å². The molecule has 0 amide bonds. The highest BCUT2D eigenvalue weighted by Gasteiger charge is 2.12. The highest BCUT2D eigenvalue weighted by atomic mass is 32.1. The van der Waals surface area contributed by atoms with E-state index in [-0.39, 0.29) is 6.61 Å². The van der Waals surface area contributed by atoms with Crippen molar-refractivity contribution in [3.63, 3.8) is 0 Å². The number of thiazole rings is 1. The van der Waals surface area contributed by atoms with E-state index in [4.69, 9.17) is 4.98 Å². The largest absolute Gasteiger partial charge is 0.392 e. The van der Waals surface area contributed by atoms with E-state index in [0.29, 0.717) is 6.54 Å². The van der Waals surface area contributed by atoms with Crippen LogP contribution >= 0.6 is 11.3 Å². The third-order valence-corrected chi connectivity index (χ3v) is 4.20. The van der Waals surface area contributed by atoms with Crippen LogP contribution in [0.4, 0.5) is 5.82 Å². The Balaban J connectivity index is 1.97. The fourth-order valence-electron chi connectivity index (χ4n) is 2.40. The summed E-state index contributed by atoms with van der Waals surface area (Å²) in [6.45, 7) is 2.66. The molecule has 0 fully saturated rings. The first-order valence-electron chi connectivity index (χ1n) is 6.79. The van der Waals surface area contributed by atoms with Crippen LogP contribution in [0.25, 0.3) is 10.9 Å². The number of rotatable bonds is 4. The molecule has 0 saturated heterocycles. The fraction of sp³-hybridized carbons (Fsp3) is 0.250. The van der Waals surface area contributed by atoms with Crippen LogP contribution in [-0.2, 0) is 13.2 Å². The number of aliphatic hydroxyl groups is 1. The Bertz CT molecular complexity index is 769. The topological polar surface area (TPSA) is 49.2 Å². The summed E-state index contributed by atoms with van der Waals surface area (Å²) in [7, 11) is 1.98. The lowest BCUT2D eigenvalue weighted by Gasteiger charge is -2.20. The zero-order valence-electron chi connectivity index (χ0n) is 12.1. The second-order valence-corrected chi connectivity index (χ2v) is 6.10. The maximum absolute atomic E-state index is 9.62. The molecular weight excluding hydrogens is 282 g/mol. The predicted molar refractivity (Wildman–Crippen MR) is 86.6 cm³/mol. The van der Waals surface area contributed by atoms with Gasteiger partial charge in [0, 0.05) is 23.4 Å². The molecule has 21 heavy (non-hydrogen) atoms. The summed E-state index contributed by atoms with van der Waals surface area (Å²) in [6, 6.07) is 9.95. The Labute approximate surface area is 127 Å². The molecule has 5 heteroatoms. The number of benzene rings is 1. The molecule has 1 N–H and O–H groups in total. The minimum Gasteiger partial charge on any atom is -0.392 e. The number of pyridine rings is 1. The van der Waals surface area contributed by atoms with Gasteiger partial charge in [-0.3, -0.25) is 0 Å². The van der Waals surface area contributed by atoms with Gasteiger partial charge in [-0.2, -0.15) is 0 Å². The molecule has 0 radical (unpaired) electrons. The summed E-state index contributed by atoms with van der Waals surface area (Å²) in [5, 5.41) is 13.8. The van der Waals surface area contributed by atoms with Crippen molar-refractivity contribution in [3.05, 3.63) is 52.0 Å². The molecule has 1 aromatic carbocycles. The lowest BCUT2D eigenvalue weighted by molar-refractivity contribution is 0.282. The molecule has 0 aliphatic heterocycles. The normalized spacial score (nSPS) is 11.0. The first kappa shape index (κ1) is 14.0. The number of aromatic nitrogens is 2. The van der Waals surface area contributed by atoms with Gasteiger partial charge < -0.3 is 10.0 Å². The van der Waals surface area contributed by atoms with E-state index in [2.05, 4.69) is 10.4 Å². The van der Waals surface area contributed by atoms with Crippen LogP contribution in [0.15, 0.2) is 35.7 Å². The third-order valence-electron chi connectivity index (χ3n) is 3.38. The van der Waals surface area contributed by atoms with Gasteiger partial charge in [-0.25, -0.2) is 9.97 Å². The van der Waals surface area contributed by atoms with Crippen LogP contribution in [0, 0.1) is 6.92 Å². The lowest BCUT2D eigenvalue weighted by atomic mass is 10.1. The van der Waals surface area contributed by atoms with Gasteiger partial charge in [0.15, 0.2) is 0 Å². The standard InChI is InChI=1S/C16H17N3OS/c1-11-17-14(10-21-11)8-19(2)16-13(9-20)7-12-5-3-4-6-15(12)18-16/h3-7,10,20H,8-9H2,1-2H3. The fourth-order valence-corrected chi connectivity index (χ4v) is 3.00. The summed E-state index contributed by atoms with van der Waals surface area (Å²) in [4.78, 5) is 11.2. The number of anilines is 1. The number of aryl methyl sites for hydroxylation is 1. The molecule has 0 atom stereocenters. The second kappa shape index (κ2) is 5.79. The first-order chi connectivity index (χ1) is 10.2. The van der Waals surface area contributed by atoms with Crippen molar-refractivity contribution in [2.24, 2.45) is 0 Å². The summed E-state index contributed by atoms with van der Waals surface area (Å²) in [5.41, 5.74) is 2.80. The van der Waals surface area contributed by atoms with E-state index >= 15 is 0 Å². The van der Waals surface area contributed by atoms with E-state index in [1.165, 1.54) is 0 Å². The van der Waals surface area contributed by atoms with E-state index < -0.39 is 0 Å². The van der Waals surface area contributed by atoms with Gasteiger partial charge >= 0.3 is 0 Å². The van der Waals surface area contributed by atoms with Crippen molar-refractivity contribution < 1.29 is 5.11 Å². The lowest BCUT2D eigenvalue weighted by Crippen LogP contribution is -2.19. The maximum atomic E-state index is 9.62. The molecule has 2 heterocycles. The van der Waals surface area contributed by atoms with Gasteiger partial charge in [0.1, 0.15) is 5.82 Å². The van der Waals surface area contributed by atoms with Crippen molar-refractivity contribution in [2.75, 3.05) is 11.9 Å². The number of hydrogen-bond donors (Lipinski definition) is 1. The number of para-hydroxylation sites is 1. The number of nitrogens with zero attached hydrogens (tertiary/aromatic N) is 3. The van der Waals surface area contributed by atoms with Gasteiger partial charge in [0.25, 0.3) is 0 Å². The zero-order chi connectivity index (χ0) is 14.8. The Morgan fingerprint density at radius 2 is 2.05 bits per heavy atom. The Morgan fingerprint density at radius 1 is 1.24 bits per heavy atom. The molecule has 4 nitrogen and oxygen atoms in total. The second-order valence-electron chi connectivity index (χ2n) is 5.04.